The number of hydrogen-bond donors (Lipinski definition) is 1. The standard InChI is InChI=1S/C15H18BrN3/c16-14-6-5-11(15-13(14)4-1-7-18-15)10-19-8-2-3-12(19)9-17/h1,4-7,12H,2-3,8-10,17H2. The molecule has 1 fully saturated rings. The molecule has 3 rings (SSSR count). The summed E-state index contributed by atoms with van der Waals surface area (Å²) in [5, 5.41) is 1.18. The molecule has 4 heteroatoms. The Bertz CT molecular complexity index is 585. The van der Waals surface area contributed by atoms with E-state index < -0.39 is 0 Å². The quantitative estimate of drug-likeness (QED) is 0.945. The van der Waals surface area contributed by atoms with Gasteiger partial charge in [-0.1, -0.05) is 28.1 Å². The lowest BCUT2D eigenvalue weighted by Crippen LogP contribution is -2.34. The van der Waals surface area contributed by atoms with Crippen molar-refractivity contribution in [1.29, 1.82) is 0 Å². The molecule has 2 N–H and O–H groups in total. The van der Waals surface area contributed by atoms with Crippen LogP contribution in [0.4, 0.5) is 0 Å². The molecule has 0 radical (unpaired) electrons. The molecule has 100 valence electrons. The number of nitrogens with two attached hydrogens (primary N) is 1. The van der Waals surface area contributed by atoms with Gasteiger partial charge in [-0.2, -0.15) is 0 Å². The Morgan fingerprint density at radius 2 is 2.26 bits per heavy atom. The highest BCUT2D eigenvalue weighted by atomic mass is 79.9. The molecular formula is C15H18BrN3. The minimum Gasteiger partial charge on any atom is -0.329 e. The highest BCUT2D eigenvalue weighted by Crippen LogP contribution is 2.27. The first-order valence-corrected chi connectivity index (χ1v) is 7.55. The van der Waals surface area contributed by atoms with Crippen molar-refractivity contribution in [2.45, 2.75) is 25.4 Å². The second kappa shape index (κ2) is 5.57. The van der Waals surface area contributed by atoms with Gasteiger partial charge in [0.25, 0.3) is 0 Å². The average Bonchev–Trinajstić information content (AvgIpc) is 2.89. The second-order valence-electron chi connectivity index (χ2n) is 5.11. The molecule has 3 nitrogen and oxygen atoms in total. The first-order chi connectivity index (χ1) is 9.29. The first kappa shape index (κ1) is 13.0. The van der Waals surface area contributed by atoms with E-state index in [0.717, 1.165) is 29.6 Å². The molecule has 2 aromatic rings. The number of hydrogen-bond acceptors (Lipinski definition) is 3. The third kappa shape index (κ3) is 2.53. The lowest BCUT2D eigenvalue weighted by Gasteiger charge is -2.23. The van der Waals surface area contributed by atoms with Crippen LogP contribution >= 0.6 is 15.9 Å². The molecule has 1 unspecified atom stereocenters. The molecule has 0 amide bonds. The maximum Gasteiger partial charge on any atom is 0.0758 e. The van der Waals surface area contributed by atoms with E-state index in [1.165, 1.54) is 23.8 Å². The molecule has 1 atom stereocenters. The molecule has 0 bridgehead atoms. The summed E-state index contributed by atoms with van der Waals surface area (Å²) in [5.74, 6) is 0. The fourth-order valence-corrected chi connectivity index (χ4v) is 3.37. The Morgan fingerprint density at radius 1 is 1.37 bits per heavy atom. The molecule has 0 saturated carbocycles. The highest BCUT2D eigenvalue weighted by Gasteiger charge is 2.23. The Hall–Kier alpha value is -0.970. The zero-order chi connectivity index (χ0) is 13.2. The average molecular weight is 320 g/mol. The number of rotatable bonds is 3. The highest BCUT2D eigenvalue weighted by molar-refractivity contribution is 9.10. The van der Waals surface area contributed by atoms with Crippen molar-refractivity contribution in [1.82, 2.24) is 9.88 Å². The predicted molar refractivity (Wildman–Crippen MR) is 81.9 cm³/mol. The van der Waals surface area contributed by atoms with E-state index >= 15 is 0 Å². The Kier molecular flexibility index (Phi) is 3.82. The van der Waals surface area contributed by atoms with E-state index in [2.05, 4.69) is 44.0 Å². The summed E-state index contributed by atoms with van der Waals surface area (Å²) < 4.78 is 1.11. The summed E-state index contributed by atoms with van der Waals surface area (Å²) in [4.78, 5) is 7.03. The van der Waals surface area contributed by atoms with Gasteiger partial charge in [0.05, 0.1) is 5.52 Å². The monoisotopic (exact) mass is 319 g/mol. The summed E-state index contributed by atoms with van der Waals surface area (Å²) in [7, 11) is 0. The Labute approximate surface area is 121 Å². The van der Waals surface area contributed by atoms with Crippen LogP contribution in [-0.2, 0) is 6.54 Å². The van der Waals surface area contributed by atoms with Gasteiger partial charge in [0, 0.05) is 35.2 Å². The largest absolute Gasteiger partial charge is 0.329 e. The van der Waals surface area contributed by atoms with Gasteiger partial charge in [0.2, 0.25) is 0 Å². The maximum atomic E-state index is 5.85. The molecule has 19 heavy (non-hydrogen) atoms. The fourth-order valence-electron chi connectivity index (χ4n) is 2.91. The van der Waals surface area contributed by atoms with Gasteiger partial charge in [0.1, 0.15) is 0 Å². The molecule has 0 spiro atoms. The lowest BCUT2D eigenvalue weighted by atomic mass is 10.1. The van der Waals surface area contributed by atoms with Crippen LogP contribution in [0.2, 0.25) is 0 Å². The summed E-state index contributed by atoms with van der Waals surface area (Å²) in [6, 6.07) is 8.91. The number of benzene rings is 1. The minimum absolute atomic E-state index is 0.530. The zero-order valence-corrected chi connectivity index (χ0v) is 12.4. The van der Waals surface area contributed by atoms with Crippen molar-refractivity contribution in [3.8, 4) is 0 Å². The van der Waals surface area contributed by atoms with Gasteiger partial charge in [-0.25, -0.2) is 0 Å². The zero-order valence-electron chi connectivity index (χ0n) is 10.8. The molecule has 0 aliphatic carbocycles. The molecule has 1 aliphatic rings. The van der Waals surface area contributed by atoms with E-state index in [-0.39, 0.29) is 0 Å². The van der Waals surface area contributed by atoms with Crippen LogP contribution in [0.1, 0.15) is 18.4 Å². The predicted octanol–water partition coefficient (Wildman–Crippen LogP) is 2.92. The van der Waals surface area contributed by atoms with Crippen LogP contribution < -0.4 is 5.73 Å². The van der Waals surface area contributed by atoms with Crippen LogP contribution in [0.5, 0.6) is 0 Å². The van der Waals surface area contributed by atoms with Gasteiger partial charge in [-0.05, 0) is 37.1 Å². The number of nitrogens with zero attached hydrogens (tertiary/aromatic N) is 2. The number of likely N-dealkylation sites (tertiary alicyclic amines) is 1. The van der Waals surface area contributed by atoms with Crippen LogP contribution in [0.15, 0.2) is 34.9 Å². The fraction of sp³-hybridized carbons (Fsp3) is 0.400. The second-order valence-corrected chi connectivity index (χ2v) is 5.96. The van der Waals surface area contributed by atoms with E-state index in [4.69, 9.17) is 5.73 Å². The van der Waals surface area contributed by atoms with Gasteiger partial charge >= 0.3 is 0 Å². The normalized spacial score (nSPS) is 20.2. The molecular weight excluding hydrogens is 302 g/mol. The molecule has 1 aromatic heterocycles. The van der Waals surface area contributed by atoms with Gasteiger partial charge in [-0.3, -0.25) is 9.88 Å². The van der Waals surface area contributed by atoms with Gasteiger partial charge in [0.15, 0.2) is 0 Å². The summed E-state index contributed by atoms with van der Waals surface area (Å²) >= 11 is 3.60. The van der Waals surface area contributed by atoms with Gasteiger partial charge < -0.3 is 5.73 Å². The smallest absolute Gasteiger partial charge is 0.0758 e. The van der Waals surface area contributed by atoms with Crippen molar-refractivity contribution in [3.05, 3.63) is 40.5 Å². The Balaban J connectivity index is 1.95. The van der Waals surface area contributed by atoms with Crippen LogP contribution in [0.3, 0.4) is 0 Å². The topological polar surface area (TPSA) is 42.1 Å². The van der Waals surface area contributed by atoms with E-state index in [1.807, 2.05) is 12.3 Å². The lowest BCUT2D eigenvalue weighted by molar-refractivity contribution is 0.251. The summed E-state index contributed by atoms with van der Waals surface area (Å²) in [6.07, 6.45) is 4.34. The Morgan fingerprint density at radius 3 is 3.11 bits per heavy atom. The van der Waals surface area contributed by atoms with Crippen molar-refractivity contribution >= 4 is 26.8 Å². The first-order valence-electron chi connectivity index (χ1n) is 6.76. The molecule has 2 heterocycles. The summed E-state index contributed by atoms with van der Waals surface area (Å²) in [6.45, 7) is 2.84. The summed E-state index contributed by atoms with van der Waals surface area (Å²) in [5.41, 5.74) is 8.24. The van der Waals surface area contributed by atoms with Crippen molar-refractivity contribution < 1.29 is 0 Å². The third-order valence-electron chi connectivity index (χ3n) is 3.94. The van der Waals surface area contributed by atoms with Crippen LogP contribution in [-0.4, -0.2) is 29.0 Å². The van der Waals surface area contributed by atoms with E-state index in [0.29, 0.717) is 6.04 Å². The molecule has 1 aromatic carbocycles. The van der Waals surface area contributed by atoms with Crippen LogP contribution in [0, 0.1) is 0 Å². The van der Waals surface area contributed by atoms with Crippen LogP contribution in [0.25, 0.3) is 10.9 Å². The van der Waals surface area contributed by atoms with E-state index in [1.54, 1.807) is 0 Å². The number of halogens is 1. The van der Waals surface area contributed by atoms with Crippen molar-refractivity contribution in [2.75, 3.05) is 13.1 Å². The SMILES string of the molecule is NCC1CCCN1Cc1ccc(Br)c2cccnc12. The number of pyridine rings is 1. The molecule has 1 saturated heterocycles. The number of fused-ring (bicyclic) bond motifs is 1. The number of aromatic nitrogens is 1. The third-order valence-corrected chi connectivity index (χ3v) is 4.64. The van der Waals surface area contributed by atoms with Crippen molar-refractivity contribution in [3.63, 3.8) is 0 Å². The minimum atomic E-state index is 0.530. The van der Waals surface area contributed by atoms with E-state index in [9.17, 15) is 0 Å². The molecule has 1 aliphatic heterocycles. The van der Waals surface area contributed by atoms with Crippen molar-refractivity contribution in [2.24, 2.45) is 5.73 Å². The maximum absolute atomic E-state index is 5.85. The van der Waals surface area contributed by atoms with Gasteiger partial charge in [-0.15, -0.1) is 0 Å².